The summed E-state index contributed by atoms with van der Waals surface area (Å²) in [5, 5.41) is 5.73. The Hall–Kier alpha value is -3.26. The molecule has 0 aromatic heterocycles. The Balaban J connectivity index is 1.29. The molecule has 222 valence electrons. The van der Waals surface area contributed by atoms with E-state index in [4.69, 9.17) is 9.42 Å². The molecule has 1 heterocycles. The Labute approximate surface area is 242 Å². The molecule has 0 radical (unpaired) electrons. The van der Waals surface area contributed by atoms with Crippen molar-refractivity contribution in [3.63, 3.8) is 0 Å². The fourth-order valence-corrected chi connectivity index (χ4v) is 5.07. The number of nitrogens with one attached hydrogen (secondary N) is 2. The standard InChI is InChI=1S/C31H42N3O6P/c1-41(38,39)40-23-11-3-2-10-21-32-29(35)16-8-9-17-30(36)33-22-20-31(37)34-24-27-14-5-4-12-25(27)18-19-26-13-6-7-15-28(26)34/h4-7,12-15,18-19H,2-3,8-11,16-17,20-24H2,1H3,(H,32,35)(H,33,36)(H,38,39)/b19-18-. The maximum Gasteiger partial charge on any atom is 0.325 e. The number of anilines is 1. The van der Waals surface area contributed by atoms with Gasteiger partial charge in [0.15, 0.2) is 0 Å². The van der Waals surface area contributed by atoms with Gasteiger partial charge in [-0.2, -0.15) is 0 Å². The molecule has 1 atom stereocenters. The van der Waals surface area contributed by atoms with Crippen LogP contribution in [-0.2, 0) is 30.0 Å². The largest absolute Gasteiger partial charge is 0.356 e. The van der Waals surface area contributed by atoms with Crippen molar-refractivity contribution >= 4 is 43.2 Å². The zero-order valence-corrected chi connectivity index (χ0v) is 24.7. The summed E-state index contributed by atoms with van der Waals surface area (Å²) in [7, 11) is -3.40. The number of carbonyl (C=O) groups excluding carboxylic acids is 3. The number of rotatable bonds is 16. The normalized spacial score (nSPS) is 14.5. The van der Waals surface area contributed by atoms with Gasteiger partial charge in [-0.25, -0.2) is 0 Å². The minimum absolute atomic E-state index is 0.0310. The number of fused-ring (bicyclic) bond motifs is 2. The molecule has 0 saturated carbocycles. The smallest absolute Gasteiger partial charge is 0.325 e. The summed E-state index contributed by atoms with van der Waals surface area (Å²) in [5.41, 5.74) is 3.98. The van der Waals surface area contributed by atoms with Crippen molar-refractivity contribution in [3.05, 3.63) is 65.2 Å². The molecule has 1 aliphatic rings. The molecule has 2 aromatic carbocycles. The molecule has 0 spiro atoms. The van der Waals surface area contributed by atoms with Crippen LogP contribution in [0, 0.1) is 0 Å². The van der Waals surface area contributed by atoms with Crippen LogP contribution in [0.3, 0.4) is 0 Å². The molecule has 3 rings (SSSR count). The molecule has 10 heteroatoms. The summed E-state index contributed by atoms with van der Waals surface area (Å²) in [4.78, 5) is 48.4. The summed E-state index contributed by atoms with van der Waals surface area (Å²) in [6.07, 6.45) is 9.51. The second-order valence-electron chi connectivity index (χ2n) is 10.3. The Morgan fingerprint density at radius 3 is 2.15 bits per heavy atom. The fraction of sp³-hybridized carbons (Fsp3) is 0.452. The van der Waals surface area contributed by atoms with Crippen LogP contribution in [0.2, 0.25) is 0 Å². The summed E-state index contributed by atoms with van der Waals surface area (Å²) in [6.45, 7) is 2.75. The lowest BCUT2D eigenvalue weighted by Crippen LogP contribution is -2.35. The maximum atomic E-state index is 13.2. The van der Waals surface area contributed by atoms with Crippen LogP contribution in [-0.4, -0.2) is 49.0 Å². The number of unbranched alkanes of at least 4 members (excludes halogenated alkanes) is 4. The Morgan fingerprint density at radius 1 is 0.805 bits per heavy atom. The molecule has 9 nitrogen and oxygen atoms in total. The van der Waals surface area contributed by atoms with Gasteiger partial charge < -0.3 is 25.0 Å². The van der Waals surface area contributed by atoms with Gasteiger partial charge in [0.1, 0.15) is 0 Å². The van der Waals surface area contributed by atoms with E-state index in [9.17, 15) is 18.9 Å². The SMILES string of the molecule is CP(=O)(O)OCCCCCCNC(=O)CCCCC(=O)NCCC(=O)N1Cc2ccccc2/C=C\c2ccccc21. The molecule has 0 fully saturated rings. The first-order valence-electron chi connectivity index (χ1n) is 14.4. The van der Waals surface area contributed by atoms with Crippen molar-refractivity contribution in [1.29, 1.82) is 0 Å². The van der Waals surface area contributed by atoms with E-state index < -0.39 is 7.60 Å². The minimum atomic E-state index is -3.40. The quantitative estimate of drug-likeness (QED) is 0.182. The van der Waals surface area contributed by atoms with Gasteiger partial charge in [-0.1, -0.05) is 67.5 Å². The highest BCUT2D eigenvalue weighted by Crippen LogP contribution is 2.36. The molecular weight excluding hydrogens is 541 g/mol. The fourth-order valence-electron chi connectivity index (χ4n) is 4.61. The van der Waals surface area contributed by atoms with E-state index in [1.54, 1.807) is 4.90 Å². The molecule has 0 saturated heterocycles. The van der Waals surface area contributed by atoms with Crippen molar-refractivity contribution < 1.29 is 28.4 Å². The van der Waals surface area contributed by atoms with Crippen molar-refractivity contribution in [2.24, 2.45) is 0 Å². The molecule has 0 aliphatic carbocycles. The second-order valence-corrected chi connectivity index (χ2v) is 12.1. The first-order chi connectivity index (χ1) is 19.7. The third kappa shape index (κ3) is 12.0. The number of nitrogens with zero attached hydrogens (tertiary/aromatic N) is 1. The van der Waals surface area contributed by atoms with Gasteiger partial charge in [0.05, 0.1) is 18.8 Å². The number of para-hydroxylation sites is 1. The summed E-state index contributed by atoms with van der Waals surface area (Å²) in [5.74, 6) is -0.203. The number of amides is 3. The van der Waals surface area contributed by atoms with Crippen LogP contribution in [0.5, 0.6) is 0 Å². The Kier molecular flexibility index (Phi) is 13.3. The minimum Gasteiger partial charge on any atom is -0.356 e. The van der Waals surface area contributed by atoms with Crippen molar-refractivity contribution in [3.8, 4) is 0 Å². The van der Waals surface area contributed by atoms with Gasteiger partial charge in [0, 0.05) is 39.0 Å². The first-order valence-corrected chi connectivity index (χ1v) is 16.4. The van der Waals surface area contributed by atoms with Crippen LogP contribution in [0.15, 0.2) is 48.5 Å². The van der Waals surface area contributed by atoms with Gasteiger partial charge in [-0.3, -0.25) is 18.9 Å². The van der Waals surface area contributed by atoms with Gasteiger partial charge in [-0.15, -0.1) is 0 Å². The number of hydrogen-bond acceptors (Lipinski definition) is 5. The Morgan fingerprint density at radius 2 is 1.41 bits per heavy atom. The lowest BCUT2D eigenvalue weighted by Gasteiger charge is -2.27. The zero-order chi connectivity index (χ0) is 29.5. The molecule has 2 aromatic rings. The van der Waals surface area contributed by atoms with Gasteiger partial charge in [-0.05, 0) is 48.4 Å². The van der Waals surface area contributed by atoms with Crippen molar-refractivity contribution in [2.45, 2.75) is 64.3 Å². The van der Waals surface area contributed by atoms with E-state index in [-0.39, 0.29) is 37.3 Å². The van der Waals surface area contributed by atoms with Crippen LogP contribution >= 0.6 is 7.60 Å². The summed E-state index contributed by atoms with van der Waals surface area (Å²) >= 11 is 0. The molecular formula is C31H42N3O6P. The highest BCUT2D eigenvalue weighted by Gasteiger charge is 2.20. The van der Waals surface area contributed by atoms with Gasteiger partial charge in [0.2, 0.25) is 17.7 Å². The van der Waals surface area contributed by atoms with Crippen LogP contribution in [0.4, 0.5) is 5.69 Å². The lowest BCUT2D eigenvalue weighted by molar-refractivity contribution is -0.123. The van der Waals surface area contributed by atoms with Crippen LogP contribution in [0.25, 0.3) is 12.2 Å². The topological polar surface area (TPSA) is 125 Å². The molecule has 1 aliphatic heterocycles. The van der Waals surface area contributed by atoms with E-state index in [0.717, 1.165) is 41.6 Å². The van der Waals surface area contributed by atoms with Gasteiger partial charge in [0.25, 0.3) is 0 Å². The second kappa shape index (κ2) is 16.9. The van der Waals surface area contributed by atoms with E-state index in [1.807, 2.05) is 54.6 Å². The number of hydrogen-bond donors (Lipinski definition) is 3. The third-order valence-corrected chi connectivity index (χ3v) is 7.46. The van der Waals surface area contributed by atoms with Gasteiger partial charge >= 0.3 is 7.60 Å². The molecule has 41 heavy (non-hydrogen) atoms. The molecule has 3 amide bonds. The maximum absolute atomic E-state index is 13.2. The number of carbonyl (C=O) groups is 3. The summed E-state index contributed by atoms with van der Waals surface area (Å²) in [6, 6.07) is 15.8. The van der Waals surface area contributed by atoms with Crippen LogP contribution in [0.1, 0.15) is 74.5 Å². The monoisotopic (exact) mass is 583 g/mol. The predicted molar refractivity (Wildman–Crippen MR) is 162 cm³/mol. The summed E-state index contributed by atoms with van der Waals surface area (Å²) < 4.78 is 15.9. The highest BCUT2D eigenvalue weighted by atomic mass is 31.2. The average Bonchev–Trinajstić information content (AvgIpc) is 2.93. The molecule has 1 unspecified atom stereocenters. The predicted octanol–water partition coefficient (Wildman–Crippen LogP) is 5.28. The van der Waals surface area contributed by atoms with E-state index >= 15 is 0 Å². The zero-order valence-electron chi connectivity index (χ0n) is 23.8. The van der Waals surface area contributed by atoms with Crippen molar-refractivity contribution in [2.75, 3.05) is 31.3 Å². The van der Waals surface area contributed by atoms with E-state index in [1.165, 1.54) is 6.66 Å². The third-order valence-electron chi connectivity index (χ3n) is 6.80. The average molecular weight is 584 g/mol. The first kappa shape index (κ1) is 32.3. The Bertz CT molecular complexity index is 1240. The van der Waals surface area contributed by atoms with E-state index in [2.05, 4.69) is 16.7 Å². The number of benzene rings is 2. The molecule has 3 N–H and O–H groups in total. The lowest BCUT2D eigenvalue weighted by atomic mass is 10.0. The van der Waals surface area contributed by atoms with Crippen LogP contribution < -0.4 is 15.5 Å². The highest BCUT2D eigenvalue weighted by molar-refractivity contribution is 7.51. The van der Waals surface area contributed by atoms with Crippen molar-refractivity contribution in [1.82, 2.24) is 10.6 Å². The van der Waals surface area contributed by atoms with E-state index in [0.29, 0.717) is 45.2 Å². The molecule has 0 bridgehead atoms.